The molecule has 1 amide bonds. The van der Waals surface area contributed by atoms with Crippen molar-refractivity contribution in [1.82, 2.24) is 4.90 Å². The summed E-state index contributed by atoms with van der Waals surface area (Å²) in [5.41, 5.74) is 0.991. The van der Waals surface area contributed by atoms with Crippen LogP contribution in [0.3, 0.4) is 0 Å². The van der Waals surface area contributed by atoms with E-state index in [9.17, 15) is 4.79 Å². The second kappa shape index (κ2) is 6.84. The summed E-state index contributed by atoms with van der Waals surface area (Å²) in [6.45, 7) is 0. The number of thioether (sulfide) groups is 1. The third kappa shape index (κ3) is 3.20. The van der Waals surface area contributed by atoms with E-state index in [0.29, 0.717) is 10.4 Å². The van der Waals surface area contributed by atoms with Gasteiger partial charge in [0.2, 0.25) is 0 Å². The lowest BCUT2D eigenvalue weighted by atomic mass is 9.94. The summed E-state index contributed by atoms with van der Waals surface area (Å²) < 4.78 is 5.86. The molecule has 116 valence electrons. The largest absolute Gasteiger partial charge is 0.497 e. The average Bonchev–Trinajstić information content (AvgIpc) is 2.83. The average molecular weight is 333 g/mol. The van der Waals surface area contributed by atoms with Gasteiger partial charge < -0.3 is 4.74 Å². The summed E-state index contributed by atoms with van der Waals surface area (Å²) in [5.74, 6) is 0.879. The topological polar surface area (TPSA) is 29.5 Å². The Labute approximate surface area is 140 Å². The molecule has 3 rings (SSSR count). The van der Waals surface area contributed by atoms with Gasteiger partial charge in [0.15, 0.2) is 0 Å². The summed E-state index contributed by atoms with van der Waals surface area (Å²) in [7, 11) is 1.64. The first-order valence-corrected chi connectivity index (χ1v) is 8.82. The molecule has 0 spiro atoms. The van der Waals surface area contributed by atoms with Crippen molar-refractivity contribution < 1.29 is 9.53 Å². The number of amides is 1. The number of benzene rings is 1. The van der Waals surface area contributed by atoms with Crippen LogP contribution >= 0.6 is 24.0 Å². The van der Waals surface area contributed by atoms with Crippen molar-refractivity contribution >= 4 is 40.3 Å². The van der Waals surface area contributed by atoms with Crippen molar-refractivity contribution in [3.8, 4) is 5.75 Å². The SMILES string of the molecule is COc1ccc(C=C2SC(=S)N(C3CCCCC3)C2=O)cc1. The van der Waals surface area contributed by atoms with Crippen LogP contribution in [0.15, 0.2) is 29.2 Å². The molecule has 3 nitrogen and oxygen atoms in total. The maximum atomic E-state index is 12.7. The van der Waals surface area contributed by atoms with Gasteiger partial charge in [0, 0.05) is 6.04 Å². The smallest absolute Gasteiger partial charge is 0.266 e. The number of thiocarbonyl (C=S) groups is 1. The second-order valence-electron chi connectivity index (χ2n) is 5.62. The molecule has 2 aliphatic rings. The van der Waals surface area contributed by atoms with Gasteiger partial charge in [-0.25, -0.2) is 0 Å². The summed E-state index contributed by atoms with van der Waals surface area (Å²) in [4.78, 5) is 15.2. The summed E-state index contributed by atoms with van der Waals surface area (Å²) in [6.07, 6.45) is 7.72. The van der Waals surface area contributed by atoms with E-state index >= 15 is 0 Å². The zero-order chi connectivity index (χ0) is 15.5. The van der Waals surface area contributed by atoms with E-state index in [0.717, 1.165) is 29.1 Å². The summed E-state index contributed by atoms with van der Waals surface area (Å²) >= 11 is 6.86. The predicted octanol–water partition coefficient (Wildman–Crippen LogP) is 4.23. The molecule has 0 N–H and O–H groups in total. The molecular weight excluding hydrogens is 314 g/mol. The lowest BCUT2D eigenvalue weighted by molar-refractivity contribution is -0.124. The number of methoxy groups -OCH3 is 1. The molecule has 5 heteroatoms. The number of rotatable bonds is 3. The Morgan fingerprint density at radius 3 is 2.55 bits per heavy atom. The normalized spacial score (nSPS) is 21.7. The zero-order valence-electron chi connectivity index (χ0n) is 12.6. The monoisotopic (exact) mass is 333 g/mol. The molecule has 0 atom stereocenters. The highest BCUT2D eigenvalue weighted by Crippen LogP contribution is 2.37. The molecule has 1 aromatic rings. The van der Waals surface area contributed by atoms with E-state index in [2.05, 4.69) is 0 Å². The predicted molar refractivity (Wildman–Crippen MR) is 94.9 cm³/mol. The van der Waals surface area contributed by atoms with Crippen molar-refractivity contribution in [1.29, 1.82) is 0 Å². The number of hydrogen-bond acceptors (Lipinski definition) is 4. The van der Waals surface area contributed by atoms with Crippen LogP contribution in [0.2, 0.25) is 0 Å². The van der Waals surface area contributed by atoms with E-state index in [4.69, 9.17) is 17.0 Å². The lowest BCUT2D eigenvalue weighted by Crippen LogP contribution is -2.39. The quantitative estimate of drug-likeness (QED) is 0.611. The van der Waals surface area contributed by atoms with E-state index < -0.39 is 0 Å². The number of carbonyl (C=O) groups excluding carboxylic acids is 1. The highest BCUT2D eigenvalue weighted by atomic mass is 32.2. The van der Waals surface area contributed by atoms with Crippen LogP contribution in [-0.4, -0.2) is 28.3 Å². The fraction of sp³-hybridized carbons (Fsp3) is 0.412. The van der Waals surface area contributed by atoms with Crippen LogP contribution in [0, 0.1) is 0 Å². The Hall–Kier alpha value is -1.33. The van der Waals surface area contributed by atoms with Gasteiger partial charge in [-0.2, -0.15) is 0 Å². The van der Waals surface area contributed by atoms with Crippen LogP contribution in [0.25, 0.3) is 6.08 Å². The van der Waals surface area contributed by atoms with Crippen LogP contribution < -0.4 is 4.74 Å². The highest BCUT2D eigenvalue weighted by molar-refractivity contribution is 8.26. The third-order valence-corrected chi connectivity index (χ3v) is 5.51. The first kappa shape index (κ1) is 15.6. The van der Waals surface area contributed by atoms with Gasteiger partial charge in [0.25, 0.3) is 5.91 Å². The van der Waals surface area contributed by atoms with E-state index in [1.165, 1.54) is 31.0 Å². The number of carbonyl (C=O) groups is 1. The molecule has 1 heterocycles. The van der Waals surface area contributed by atoms with Crippen molar-refractivity contribution in [2.45, 2.75) is 38.1 Å². The standard InChI is InChI=1S/C17H19NO2S2/c1-20-14-9-7-12(8-10-14)11-15-16(19)18(17(21)22-15)13-5-3-2-4-6-13/h7-11,13H,2-6H2,1H3. The van der Waals surface area contributed by atoms with E-state index in [-0.39, 0.29) is 5.91 Å². The molecule has 1 saturated heterocycles. The molecule has 22 heavy (non-hydrogen) atoms. The van der Waals surface area contributed by atoms with Crippen molar-refractivity contribution in [3.05, 3.63) is 34.7 Å². The van der Waals surface area contributed by atoms with E-state index in [1.807, 2.05) is 35.2 Å². The van der Waals surface area contributed by atoms with Crippen molar-refractivity contribution in [3.63, 3.8) is 0 Å². The molecule has 0 unspecified atom stereocenters. The Balaban J connectivity index is 1.78. The first-order chi connectivity index (χ1) is 10.7. The lowest BCUT2D eigenvalue weighted by Gasteiger charge is -2.29. The number of nitrogens with zero attached hydrogens (tertiary/aromatic N) is 1. The van der Waals surface area contributed by atoms with Crippen LogP contribution in [-0.2, 0) is 4.79 Å². The molecule has 1 aliphatic heterocycles. The fourth-order valence-electron chi connectivity index (χ4n) is 2.99. The first-order valence-electron chi connectivity index (χ1n) is 7.60. The molecule has 2 fully saturated rings. The van der Waals surface area contributed by atoms with Gasteiger partial charge >= 0.3 is 0 Å². The summed E-state index contributed by atoms with van der Waals surface area (Å²) in [6, 6.07) is 7.99. The number of ether oxygens (including phenoxy) is 1. The zero-order valence-corrected chi connectivity index (χ0v) is 14.2. The van der Waals surface area contributed by atoms with Gasteiger partial charge in [-0.3, -0.25) is 9.69 Å². The molecule has 0 radical (unpaired) electrons. The highest BCUT2D eigenvalue weighted by Gasteiger charge is 2.37. The summed E-state index contributed by atoms with van der Waals surface area (Å²) in [5, 5.41) is 0. The Bertz CT molecular complexity index is 604. The van der Waals surface area contributed by atoms with Gasteiger partial charge in [-0.15, -0.1) is 0 Å². The van der Waals surface area contributed by atoms with Crippen LogP contribution in [0.1, 0.15) is 37.7 Å². The Morgan fingerprint density at radius 1 is 1.23 bits per heavy atom. The van der Waals surface area contributed by atoms with Gasteiger partial charge in [0.05, 0.1) is 12.0 Å². The minimum atomic E-state index is 0.0673. The van der Waals surface area contributed by atoms with Gasteiger partial charge in [0.1, 0.15) is 10.1 Å². The Morgan fingerprint density at radius 2 is 1.91 bits per heavy atom. The number of hydrogen-bond donors (Lipinski definition) is 0. The van der Waals surface area contributed by atoms with Crippen molar-refractivity contribution in [2.75, 3.05) is 7.11 Å². The van der Waals surface area contributed by atoms with Crippen LogP contribution in [0.5, 0.6) is 5.75 Å². The molecule has 1 aromatic carbocycles. The van der Waals surface area contributed by atoms with Gasteiger partial charge in [-0.1, -0.05) is 55.4 Å². The molecule has 1 saturated carbocycles. The van der Waals surface area contributed by atoms with Crippen LogP contribution in [0.4, 0.5) is 0 Å². The second-order valence-corrected chi connectivity index (χ2v) is 7.29. The van der Waals surface area contributed by atoms with E-state index in [1.54, 1.807) is 7.11 Å². The third-order valence-electron chi connectivity index (χ3n) is 4.18. The van der Waals surface area contributed by atoms with Gasteiger partial charge in [-0.05, 0) is 36.6 Å². The maximum absolute atomic E-state index is 12.7. The Kier molecular flexibility index (Phi) is 4.84. The minimum absolute atomic E-state index is 0.0673. The fourth-order valence-corrected chi connectivity index (χ4v) is 4.39. The molecule has 1 aliphatic carbocycles. The van der Waals surface area contributed by atoms with Crippen molar-refractivity contribution in [2.24, 2.45) is 0 Å². The molecule has 0 aromatic heterocycles. The molecular formula is C17H19NO2S2. The minimum Gasteiger partial charge on any atom is -0.497 e. The molecule has 0 bridgehead atoms. The maximum Gasteiger partial charge on any atom is 0.266 e.